The van der Waals surface area contributed by atoms with Crippen LogP contribution in [0.3, 0.4) is 0 Å². The van der Waals surface area contributed by atoms with E-state index >= 15 is 0 Å². The zero-order valence-electron chi connectivity index (χ0n) is 16.1. The van der Waals surface area contributed by atoms with Crippen LogP contribution in [0.5, 0.6) is 5.75 Å². The highest BCUT2D eigenvalue weighted by Gasteiger charge is 2.49. The van der Waals surface area contributed by atoms with Gasteiger partial charge in [-0.3, -0.25) is 14.5 Å². The van der Waals surface area contributed by atoms with Gasteiger partial charge in [-0.05, 0) is 37.1 Å². The quantitative estimate of drug-likeness (QED) is 0.503. The third kappa shape index (κ3) is 4.20. The second-order valence-electron chi connectivity index (χ2n) is 6.34. The highest BCUT2D eigenvalue weighted by atomic mass is 16.7. The Hall–Kier alpha value is -2.65. The Labute approximate surface area is 157 Å². The van der Waals surface area contributed by atoms with Crippen molar-refractivity contribution >= 4 is 17.8 Å². The van der Waals surface area contributed by atoms with Gasteiger partial charge >= 0.3 is 6.03 Å². The number of aryl methyl sites for hydroxylation is 1. The molecule has 0 spiro atoms. The van der Waals surface area contributed by atoms with Gasteiger partial charge in [0.2, 0.25) is 5.91 Å². The second kappa shape index (κ2) is 8.36. The van der Waals surface area contributed by atoms with E-state index in [4.69, 9.17) is 14.2 Å². The summed E-state index contributed by atoms with van der Waals surface area (Å²) in [7, 11) is 4.45. The Bertz CT molecular complexity index is 734. The Morgan fingerprint density at radius 2 is 1.93 bits per heavy atom. The Kier molecular flexibility index (Phi) is 6.40. The fourth-order valence-corrected chi connectivity index (χ4v) is 2.89. The molecule has 9 heteroatoms. The molecule has 1 unspecified atom stereocenters. The largest absolute Gasteiger partial charge is 0.496 e. The lowest BCUT2D eigenvalue weighted by Gasteiger charge is -2.23. The van der Waals surface area contributed by atoms with Crippen LogP contribution in [-0.4, -0.2) is 63.5 Å². The first-order chi connectivity index (χ1) is 12.8. The SMILES string of the molecule is COc1ccc(C2(C)NC(=O)N(CC(=O)NCC(OC)OC)C2=O)cc1C. The summed E-state index contributed by atoms with van der Waals surface area (Å²) in [4.78, 5) is 38.2. The zero-order valence-corrected chi connectivity index (χ0v) is 16.1. The molecule has 1 saturated heterocycles. The first-order valence-electron chi connectivity index (χ1n) is 8.38. The first kappa shape index (κ1) is 20.7. The van der Waals surface area contributed by atoms with Gasteiger partial charge in [0.15, 0.2) is 6.29 Å². The summed E-state index contributed by atoms with van der Waals surface area (Å²) in [6, 6.07) is 4.61. The fraction of sp³-hybridized carbons (Fsp3) is 0.500. The molecule has 2 N–H and O–H groups in total. The number of methoxy groups -OCH3 is 3. The van der Waals surface area contributed by atoms with Crippen LogP contribution in [0.4, 0.5) is 4.79 Å². The van der Waals surface area contributed by atoms with Crippen molar-refractivity contribution in [1.29, 1.82) is 0 Å². The number of amides is 4. The molecule has 148 valence electrons. The van der Waals surface area contributed by atoms with Crippen molar-refractivity contribution in [1.82, 2.24) is 15.5 Å². The van der Waals surface area contributed by atoms with Gasteiger partial charge in [-0.25, -0.2) is 4.79 Å². The molecule has 1 atom stereocenters. The van der Waals surface area contributed by atoms with Gasteiger partial charge in [-0.2, -0.15) is 0 Å². The van der Waals surface area contributed by atoms with Gasteiger partial charge in [-0.1, -0.05) is 6.07 Å². The number of rotatable bonds is 8. The Balaban J connectivity index is 2.11. The molecule has 27 heavy (non-hydrogen) atoms. The van der Waals surface area contributed by atoms with Crippen molar-refractivity contribution in [3.8, 4) is 5.75 Å². The second-order valence-corrected chi connectivity index (χ2v) is 6.34. The van der Waals surface area contributed by atoms with E-state index in [0.717, 1.165) is 10.5 Å². The summed E-state index contributed by atoms with van der Waals surface area (Å²) in [6.07, 6.45) is -0.607. The van der Waals surface area contributed by atoms with Crippen molar-refractivity contribution in [3.63, 3.8) is 0 Å². The van der Waals surface area contributed by atoms with Crippen LogP contribution in [0.15, 0.2) is 18.2 Å². The van der Waals surface area contributed by atoms with Crippen molar-refractivity contribution in [2.45, 2.75) is 25.7 Å². The number of carbonyl (C=O) groups excluding carboxylic acids is 3. The van der Waals surface area contributed by atoms with E-state index in [0.29, 0.717) is 11.3 Å². The van der Waals surface area contributed by atoms with Gasteiger partial charge in [0.1, 0.15) is 17.8 Å². The average Bonchev–Trinajstić information content (AvgIpc) is 2.86. The van der Waals surface area contributed by atoms with Crippen molar-refractivity contribution in [2.24, 2.45) is 0 Å². The number of imide groups is 1. The molecule has 1 aliphatic heterocycles. The van der Waals surface area contributed by atoms with Gasteiger partial charge < -0.3 is 24.8 Å². The maximum Gasteiger partial charge on any atom is 0.325 e. The topological polar surface area (TPSA) is 106 Å². The highest BCUT2D eigenvalue weighted by Crippen LogP contribution is 2.31. The van der Waals surface area contributed by atoms with Crippen LogP contribution in [-0.2, 0) is 24.6 Å². The lowest BCUT2D eigenvalue weighted by Crippen LogP contribution is -2.44. The molecule has 9 nitrogen and oxygen atoms in total. The molecule has 4 amide bonds. The molecule has 1 fully saturated rings. The van der Waals surface area contributed by atoms with Crippen LogP contribution < -0.4 is 15.4 Å². The number of hydrogen-bond donors (Lipinski definition) is 2. The number of ether oxygens (including phenoxy) is 3. The van der Waals surface area contributed by atoms with Crippen LogP contribution in [0.2, 0.25) is 0 Å². The molecule has 1 heterocycles. The maximum absolute atomic E-state index is 12.9. The Morgan fingerprint density at radius 1 is 1.26 bits per heavy atom. The van der Waals surface area contributed by atoms with Gasteiger partial charge in [-0.15, -0.1) is 0 Å². The third-order valence-electron chi connectivity index (χ3n) is 4.54. The van der Waals surface area contributed by atoms with Crippen molar-refractivity contribution in [2.75, 3.05) is 34.4 Å². The summed E-state index contributed by atoms with van der Waals surface area (Å²) in [6.45, 7) is 3.17. The molecule has 0 saturated carbocycles. The molecule has 1 aliphatic rings. The minimum Gasteiger partial charge on any atom is -0.496 e. The van der Waals surface area contributed by atoms with Crippen molar-refractivity contribution in [3.05, 3.63) is 29.3 Å². The van der Waals surface area contributed by atoms with E-state index in [1.807, 2.05) is 6.92 Å². The molecule has 0 bridgehead atoms. The number of benzene rings is 1. The molecule has 1 aromatic rings. The first-order valence-corrected chi connectivity index (χ1v) is 8.38. The predicted octanol–water partition coefficient (Wildman–Crippen LogP) is 0.506. The number of carbonyl (C=O) groups is 3. The molecular weight excluding hydrogens is 354 g/mol. The minimum absolute atomic E-state index is 0.102. The molecule has 0 aromatic heterocycles. The fourth-order valence-electron chi connectivity index (χ4n) is 2.89. The van der Waals surface area contributed by atoms with Gasteiger partial charge in [0, 0.05) is 14.2 Å². The number of nitrogens with one attached hydrogen (secondary N) is 2. The van der Waals surface area contributed by atoms with E-state index in [2.05, 4.69) is 10.6 Å². The van der Waals surface area contributed by atoms with Gasteiger partial charge in [0.25, 0.3) is 5.91 Å². The van der Waals surface area contributed by atoms with Crippen LogP contribution in [0.25, 0.3) is 0 Å². The van der Waals surface area contributed by atoms with E-state index in [1.165, 1.54) is 14.2 Å². The summed E-state index contributed by atoms with van der Waals surface area (Å²) in [5, 5.41) is 5.24. The molecule has 0 aliphatic carbocycles. The van der Waals surface area contributed by atoms with E-state index in [-0.39, 0.29) is 6.54 Å². The lowest BCUT2D eigenvalue weighted by molar-refractivity contribution is -0.136. The maximum atomic E-state index is 12.9. The smallest absolute Gasteiger partial charge is 0.325 e. The monoisotopic (exact) mass is 379 g/mol. The standard InChI is InChI=1S/C18H25N3O6/c1-11-8-12(6-7-13(11)25-3)18(2)16(23)21(17(24)20-18)10-14(22)19-9-15(26-4)27-5/h6-8,15H,9-10H2,1-5H3,(H,19,22)(H,20,24). The third-order valence-corrected chi connectivity index (χ3v) is 4.54. The van der Waals surface area contributed by atoms with Crippen LogP contribution >= 0.6 is 0 Å². The van der Waals surface area contributed by atoms with Crippen molar-refractivity contribution < 1.29 is 28.6 Å². The number of hydrogen-bond acceptors (Lipinski definition) is 6. The summed E-state index contributed by atoms with van der Waals surface area (Å²) >= 11 is 0. The summed E-state index contributed by atoms with van der Waals surface area (Å²) < 4.78 is 15.2. The summed E-state index contributed by atoms with van der Waals surface area (Å²) in [5.74, 6) is -0.309. The Morgan fingerprint density at radius 3 is 2.48 bits per heavy atom. The zero-order chi connectivity index (χ0) is 20.2. The average molecular weight is 379 g/mol. The van der Waals surface area contributed by atoms with Gasteiger partial charge in [0.05, 0.1) is 13.7 Å². The van der Waals surface area contributed by atoms with Crippen LogP contribution in [0, 0.1) is 6.92 Å². The lowest BCUT2D eigenvalue weighted by atomic mass is 9.90. The number of urea groups is 1. The molecule has 1 aromatic carbocycles. The normalized spacial score (nSPS) is 19.4. The van der Waals surface area contributed by atoms with E-state index < -0.39 is 36.2 Å². The van der Waals surface area contributed by atoms with Crippen LogP contribution in [0.1, 0.15) is 18.1 Å². The highest BCUT2D eigenvalue weighted by molar-refractivity contribution is 6.09. The summed E-state index contributed by atoms with van der Waals surface area (Å²) in [5.41, 5.74) is 0.191. The van der Waals surface area contributed by atoms with E-state index in [1.54, 1.807) is 32.2 Å². The van der Waals surface area contributed by atoms with E-state index in [9.17, 15) is 14.4 Å². The minimum atomic E-state index is -1.25. The molecule has 2 rings (SSSR count). The predicted molar refractivity (Wildman–Crippen MR) is 96.1 cm³/mol. The molecule has 0 radical (unpaired) electrons. The molecular formula is C18H25N3O6. The number of nitrogens with zero attached hydrogens (tertiary/aromatic N) is 1.